The number of aryl methyl sites for hydroxylation is 4. The Morgan fingerprint density at radius 3 is 2.40 bits per heavy atom. The first-order chi connectivity index (χ1) is 16.9. The minimum Gasteiger partial charge on any atom is -0.481 e. The smallest absolute Gasteiger partial charge is 0.305 e. The van der Waals surface area contributed by atoms with Gasteiger partial charge in [-0.05, 0) is 69.0 Å². The standard InChI is InChI=1S/C29H31N3O3/c1-20-16-21(2)18-24(17-20)28-31-25-19-23(29(35)30-14-13-27(33)34)11-12-26(25)32(28)15-7-6-10-22-8-4-3-5-9-22/h3-5,8-9,11-12,16-19H,6-7,10,13-15H2,1-2H3,(H,30,35)(H,33,34). The summed E-state index contributed by atoms with van der Waals surface area (Å²) < 4.78 is 2.25. The fourth-order valence-corrected chi connectivity index (χ4v) is 4.45. The zero-order chi connectivity index (χ0) is 24.8. The normalized spacial score (nSPS) is 11.0. The predicted octanol–water partition coefficient (Wildman–Crippen LogP) is 5.55. The number of unbranched alkanes of at least 4 members (excludes halogenated alkanes) is 1. The molecule has 1 heterocycles. The summed E-state index contributed by atoms with van der Waals surface area (Å²) >= 11 is 0. The number of carboxylic acid groups (broad SMARTS) is 1. The lowest BCUT2D eigenvalue weighted by atomic mass is 10.1. The Balaban J connectivity index is 1.61. The van der Waals surface area contributed by atoms with Crippen molar-refractivity contribution in [3.63, 3.8) is 0 Å². The topological polar surface area (TPSA) is 84.2 Å². The lowest BCUT2D eigenvalue weighted by Crippen LogP contribution is -2.25. The highest BCUT2D eigenvalue weighted by Gasteiger charge is 2.16. The van der Waals surface area contributed by atoms with Crippen LogP contribution in [0.25, 0.3) is 22.4 Å². The van der Waals surface area contributed by atoms with Crippen molar-refractivity contribution in [2.24, 2.45) is 0 Å². The largest absolute Gasteiger partial charge is 0.481 e. The molecule has 0 fully saturated rings. The number of nitrogens with one attached hydrogen (secondary N) is 1. The molecule has 35 heavy (non-hydrogen) atoms. The summed E-state index contributed by atoms with van der Waals surface area (Å²) in [5, 5.41) is 11.5. The number of aliphatic carboxylic acids is 1. The van der Waals surface area contributed by atoms with Crippen LogP contribution < -0.4 is 5.32 Å². The van der Waals surface area contributed by atoms with E-state index >= 15 is 0 Å². The summed E-state index contributed by atoms with van der Waals surface area (Å²) in [4.78, 5) is 28.2. The Bertz CT molecular complexity index is 1320. The third-order valence-electron chi connectivity index (χ3n) is 6.05. The molecule has 0 aliphatic carbocycles. The molecule has 6 heteroatoms. The third-order valence-corrected chi connectivity index (χ3v) is 6.05. The molecule has 0 atom stereocenters. The number of benzene rings is 3. The molecule has 0 radical (unpaired) electrons. The maximum Gasteiger partial charge on any atom is 0.305 e. The van der Waals surface area contributed by atoms with Gasteiger partial charge in [0.2, 0.25) is 0 Å². The van der Waals surface area contributed by atoms with Gasteiger partial charge in [-0.1, -0.05) is 47.5 Å². The van der Waals surface area contributed by atoms with Crippen molar-refractivity contribution in [1.82, 2.24) is 14.9 Å². The monoisotopic (exact) mass is 469 g/mol. The second kappa shape index (κ2) is 11.0. The van der Waals surface area contributed by atoms with Gasteiger partial charge in [0.25, 0.3) is 5.91 Å². The molecule has 1 amide bonds. The number of carboxylic acids is 1. The predicted molar refractivity (Wildman–Crippen MR) is 139 cm³/mol. The van der Waals surface area contributed by atoms with Crippen LogP contribution in [0.2, 0.25) is 0 Å². The summed E-state index contributed by atoms with van der Waals surface area (Å²) in [6, 6.07) is 22.5. The highest BCUT2D eigenvalue weighted by molar-refractivity contribution is 5.98. The Morgan fingerprint density at radius 1 is 0.943 bits per heavy atom. The molecule has 0 saturated heterocycles. The van der Waals surface area contributed by atoms with Gasteiger partial charge in [-0.3, -0.25) is 9.59 Å². The van der Waals surface area contributed by atoms with E-state index in [9.17, 15) is 9.59 Å². The zero-order valence-corrected chi connectivity index (χ0v) is 20.3. The first-order valence-electron chi connectivity index (χ1n) is 12.0. The van der Waals surface area contributed by atoms with Crippen molar-refractivity contribution in [3.05, 3.63) is 89.0 Å². The number of hydrogen-bond acceptors (Lipinski definition) is 3. The van der Waals surface area contributed by atoms with Crippen molar-refractivity contribution in [2.45, 2.75) is 46.1 Å². The summed E-state index contributed by atoms with van der Waals surface area (Å²) in [6.07, 6.45) is 3.01. The van der Waals surface area contributed by atoms with Crippen LogP contribution in [-0.2, 0) is 17.8 Å². The second-order valence-corrected chi connectivity index (χ2v) is 9.01. The van der Waals surface area contributed by atoms with Gasteiger partial charge in [0.05, 0.1) is 17.5 Å². The minimum absolute atomic E-state index is 0.0931. The highest BCUT2D eigenvalue weighted by Crippen LogP contribution is 2.28. The Morgan fingerprint density at radius 2 is 1.69 bits per heavy atom. The van der Waals surface area contributed by atoms with Crippen LogP contribution in [-0.4, -0.2) is 33.1 Å². The van der Waals surface area contributed by atoms with Gasteiger partial charge >= 0.3 is 5.97 Å². The SMILES string of the molecule is Cc1cc(C)cc(-c2nc3cc(C(=O)NCCC(=O)O)ccc3n2CCCCc2ccccc2)c1. The maximum atomic E-state index is 12.5. The number of carbonyl (C=O) groups excluding carboxylic acids is 1. The maximum absolute atomic E-state index is 12.5. The molecule has 0 aliphatic rings. The lowest BCUT2D eigenvalue weighted by molar-refractivity contribution is -0.136. The van der Waals surface area contributed by atoms with E-state index in [1.54, 1.807) is 12.1 Å². The van der Waals surface area contributed by atoms with Crippen molar-refractivity contribution in [1.29, 1.82) is 0 Å². The van der Waals surface area contributed by atoms with Crippen LogP contribution in [0, 0.1) is 13.8 Å². The molecule has 3 aromatic carbocycles. The molecule has 0 saturated carbocycles. The summed E-state index contributed by atoms with van der Waals surface area (Å²) in [5.41, 5.74) is 6.99. The highest BCUT2D eigenvalue weighted by atomic mass is 16.4. The van der Waals surface area contributed by atoms with E-state index in [0.29, 0.717) is 5.56 Å². The van der Waals surface area contributed by atoms with E-state index in [-0.39, 0.29) is 18.9 Å². The molecule has 180 valence electrons. The molecular weight excluding hydrogens is 438 g/mol. The van der Waals surface area contributed by atoms with Gasteiger partial charge in [-0.15, -0.1) is 0 Å². The van der Waals surface area contributed by atoms with Crippen LogP contribution in [0.1, 0.15) is 46.3 Å². The summed E-state index contributed by atoms with van der Waals surface area (Å²) in [6.45, 7) is 5.09. The van der Waals surface area contributed by atoms with E-state index in [1.807, 2.05) is 12.1 Å². The van der Waals surface area contributed by atoms with Gasteiger partial charge in [0, 0.05) is 24.2 Å². The molecule has 6 nitrogen and oxygen atoms in total. The van der Waals surface area contributed by atoms with E-state index < -0.39 is 5.97 Å². The lowest BCUT2D eigenvalue weighted by Gasteiger charge is -2.11. The number of amides is 1. The minimum atomic E-state index is -0.940. The van der Waals surface area contributed by atoms with Gasteiger partial charge in [-0.2, -0.15) is 0 Å². The molecule has 0 bridgehead atoms. The molecule has 4 rings (SSSR count). The summed E-state index contributed by atoms with van der Waals surface area (Å²) in [7, 11) is 0. The Hall–Kier alpha value is -3.93. The van der Waals surface area contributed by atoms with E-state index in [4.69, 9.17) is 10.1 Å². The number of imidazole rings is 1. The Labute approximate surface area is 205 Å². The van der Waals surface area contributed by atoms with Crippen molar-refractivity contribution >= 4 is 22.9 Å². The number of carbonyl (C=O) groups is 2. The molecule has 1 aromatic heterocycles. The molecule has 0 spiro atoms. The number of fused-ring (bicyclic) bond motifs is 1. The van der Waals surface area contributed by atoms with Gasteiger partial charge in [0.1, 0.15) is 5.82 Å². The van der Waals surface area contributed by atoms with E-state index in [0.717, 1.165) is 48.2 Å². The summed E-state index contributed by atoms with van der Waals surface area (Å²) in [5.74, 6) is -0.335. The molecule has 0 aliphatic heterocycles. The average molecular weight is 470 g/mol. The molecule has 2 N–H and O–H groups in total. The molecular formula is C29H31N3O3. The van der Waals surface area contributed by atoms with E-state index in [2.05, 4.69) is 66.2 Å². The van der Waals surface area contributed by atoms with Gasteiger partial charge in [-0.25, -0.2) is 4.98 Å². The number of nitrogens with zero attached hydrogens (tertiary/aromatic N) is 2. The quantitative estimate of drug-likeness (QED) is 0.298. The van der Waals surface area contributed by atoms with Gasteiger partial charge < -0.3 is 15.0 Å². The van der Waals surface area contributed by atoms with Crippen molar-refractivity contribution < 1.29 is 14.7 Å². The van der Waals surface area contributed by atoms with Crippen LogP contribution in [0.3, 0.4) is 0 Å². The number of aromatic nitrogens is 2. The third kappa shape index (κ3) is 6.15. The fourth-order valence-electron chi connectivity index (χ4n) is 4.45. The average Bonchev–Trinajstić information content (AvgIpc) is 3.19. The first kappa shape index (κ1) is 24.2. The second-order valence-electron chi connectivity index (χ2n) is 9.01. The Kier molecular flexibility index (Phi) is 7.60. The van der Waals surface area contributed by atoms with Crippen molar-refractivity contribution in [2.75, 3.05) is 6.54 Å². The number of hydrogen-bond donors (Lipinski definition) is 2. The molecule has 4 aromatic rings. The number of rotatable bonds is 10. The van der Waals surface area contributed by atoms with Crippen molar-refractivity contribution in [3.8, 4) is 11.4 Å². The van der Waals surface area contributed by atoms with Gasteiger partial charge in [0.15, 0.2) is 0 Å². The fraction of sp³-hybridized carbons (Fsp3) is 0.276. The van der Waals surface area contributed by atoms with Crippen LogP contribution in [0.5, 0.6) is 0 Å². The first-order valence-corrected chi connectivity index (χ1v) is 12.0. The van der Waals surface area contributed by atoms with Crippen LogP contribution >= 0.6 is 0 Å². The zero-order valence-electron chi connectivity index (χ0n) is 20.3. The molecule has 0 unspecified atom stereocenters. The van der Waals surface area contributed by atoms with E-state index in [1.165, 1.54) is 16.7 Å². The van der Waals surface area contributed by atoms with Crippen LogP contribution in [0.4, 0.5) is 0 Å². The van der Waals surface area contributed by atoms with Crippen LogP contribution in [0.15, 0.2) is 66.7 Å².